The number of benzene rings is 1. The summed E-state index contributed by atoms with van der Waals surface area (Å²) in [6.07, 6.45) is 6.08. The van der Waals surface area contributed by atoms with Gasteiger partial charge in [0, 0.05) is 0 Å². The highest BCUT2D eigenvalue weighted by Crippen LogP contribution is 2.58. The predicted molar refractivity (Wildman–Crippen MR) is 112 cm³/mol. The lowest BCUT2D eigenvalue weighted by Crippen LogP contribution is -2.34. The van der Waals surface area contributed by atoms with Crippen LogP contribution in [0.4, 0.5) is 11.4 Å². The van der Waals surface area contributed by atoms with Gasteiger partial charge in [0.05, 0.1) is 40.1 Å². The minimum atomic E-state index is -0.210. The first kappa shape index (κ1) is 18.4. The predicted octanol–water partition coefficient (Wildman–Crippen LogP) is 3.41. The molecule has 2 aliphatic heterocycles. The van der Waals surface area contributed by atoms with Crippen LogP contribution in [0, 0.1) is 47.3 Å². The van der Waals surface area contributed by atoms with E-state index in [1.165, 1.54) is 9.80 Å². The zero-order valence-electron chi connectivity index (χ0n) is 17.0. The minimum absolute atomic E-state index is 0.120. The molecule has 6 aliphatic rings. The van der Waals surface area contributed by atoms with E-state index in [9.17, 15) is 19.2 Å². The lowest BCUT2D eigenvalue weighted by Gasteiger charge is -2.21. The number of imide groups is 2. The van der Waals surface area contributed by atoms with Gasteiger partial charge in [-0.2, -0.15) is 0 Å². The number of hydrogen-bond donors (Lipinski definition) is 0. The van der Waals surface area contributed by atoms with E-state index in [0.717, 1.165) is 38.5 Å². The third-order valence-corrected chi connectivity index (χ3v) is 9.59. The summed E-state index contributed by atoms with van der Waals surface area (Å²) >= 11 is 6.55. The summed E-state index contributed by atoms with van der Waals surface area (Å²) in [5, 5.41) is 0.229. The van der Waals surface area contributed by atoms with Crippen molar-refractivity contribution in [2.75, 3.05) is 9.80 Å². The Hall–Kier alpha value is -2.21. The first-order valence-electron chi connectivity index (χ1n) is 11.5. The van der Waals surface area contributed by atoms with Crippen LogP contribution in [-0.4, -0.2) is 23.6 Å². The average Bonchev–Trinajstić information content (AvgIpc) is 3.56. The van der Waals surface area contributed by atoms with Crippen molar-refractivity contribution in [3.05, 3.63) is 23.2 Å². The summed E-state index contributed by atoms with van der Waals surface area (Å²) in [4.78, 5) is 55.0. The highest BCUT2D eigenvalue weighted by atomic mass is 35.5. The summed E-state index contributed by atoms with van der Waals surface area (Å²) in [5.41, 5.74) is 0.811. The molecule has 4 bridgehead atoms. The molecule has 31 heavy (non-hydrogen) atoms. The molecule has 7 heteroatoms. The Morgan fingerprint density at radius 1 is 0.645 bits per heavy atom. The molecule has 4 aliphatic carbocycles. The van der Waals surface area contributed by atoms with Gasteiger partial charge in [-0.1, -0.05) is 11.6 Å². The van der Waals surface area contributed by atoms with Gasteiger partial charge in [-0.05, 0) is 80.4 Å². The Balaban J connectivity index is 1.21. The van der Waals surface area contributed by atoms with Crippen LogP contribution in [0.5, 0.6) is 0 Å². The van der Waals surface area contributed by atoms with E-state index in [1.807, 2.05) is 0 Å². The molecule has 160 valence electrons. The van der Waals surface area contributed by atoms with Crippen LogP contribution in [-0.2, 0) is 19.2 Å². The number of nitrogens with zero attached hydrogens (tertiary/aromatic N) is 2. The fourth-order valence-electron chi connectivity index (χ4n) is 8.13. The summed E-state index contributed by atoms with van der Waals surface area (Å²) in [6, 6.07) is 4.85. The Labute approximate surface area is 184 Å². The quantitative estimate of drug-likeness (QED) is 0.663. The van der Waals surface area contributed by atoms with Crippen molar-refractivity contribution in [1.29, 1.82) is 0 Å². The van der Waals surface area contributed by atoms with E-state index < -0.39 is 0 Å². The van der Waals surface area contributed by atoms with Gasteiger partial charge in [0.1, 0.15) is 0 Å². The van der Waals surface area contributed by atoms with Crippen molar-refractivity contribution in [2.24, 2.45) is 47.3 Å². The van der Waals surface area contributed by atoms with Crippen molar-refractivity contribution >= 4 is 46.6 Å². The maximum Gasteiger partial charge on any atom is 0.238 e. The van der Waals surface area contributed by atoms with E-state index in [4.69, 9.17) is 11.6 Å². The highest BCUT2D eigenvalue weighted by Gasteiger charge is 2.62. The number of rotatable bonds is 2. The number of halogens is 1. The second-order valence-corrected chi connectivity index (χ2v) is 10.8. The van der Waals surface area contributed by atoms with Crippen molar-refractivity contribution < 1.29 is 19.2 Å². The van der Waals surface area contributed by atoms with Crippen molar-refractivity contribution in [1.82, 2.24) is 0 Å². The third kappa shape index (κ3) is 2.15. The zero-order chi connectivity index (χ0) is 21.2. The number of fused-ring (bicyclic) bond motifs is 10. The van der Waals surface area contributed by atoms with Crippen molar-refractivity contribution in [3.63, 3.8) is 0 Å². The largest absolute Gasteiger partial charge is 0.274 e. The van der Waals surface area contributed by atoms with E-state index in [2.05, 4.69) is 0 Å². The van der Waals surface area contributed by atoms with E-state index in [-0.39, 0.29) is 52.3 Å². The molecule has 0 unspecified atom stereocenters. The van der Waals surface area contributed by atoms with Gasteiger partial charge in [-0.25, -0.2) is 9.80 Å². The Bertz CT molecular complexity index is 1030. The molecule has 4 amide bonds. The number of amides is 4. The van der Waals surface area contributed by atoms with Crippen LogP contribution in [0.3, 0.4) is 0 Å². The standard InChI is InChI=1S/C24H23ClN2O4/c25-15-9-14(26-21(28)17-10-1-2-11(7-10)18(17)22(26)29)5-6-16(15)27-23(30)19-12-3-4-13(8-12)20(19)24(27)31/h5-6,9-13,17-20H,1-4,7-8H2/t10-,11-,12-,13-,17+,18+,19-,20+/m0/s1. The second-order valence-electron chi connectivity index (χ2n) is 10.4. The van der Waals surface area contributed by atoms with E-state index in [1.54, 1.807) is 18.2 Å². The maximum absolute atomic E-state index is 13.1. The van der Waals surface area contributed by atoms with Gasteiger partial charge in [0.25, 0.3) is 0 Å². The van der Waals surface area contributed by atoms with Crippen LogP contribution in [0.25, 0.3) is 0 Å². The first-order valence-corrected chi connectivity index (χ1v) is 11.9. The number of carbonyl (C=O) groups excluding carboxylic acids is 4. The Kier molecular flexibility index (Phi) is 3.54. The molecule has 0 radical (unpaired) electrons. The van der Waals surface area contributed by atoms with Crippen LogP contribution < -0.4 is 9.80 Å². The molecular weight excluding hydrogens is 416 g/mol. The Morgan fingerprint density at radius 3 is 1.48 bits per heavy atom. The molecule has 8 atom stereocenters. The lowest BCUT2D eigenvalue weighted by atomic mass is 9.81. The maximum atomic E-state index is 13.1. The highest BCUT2D eigenvalue weighted by molar-refractivity contribution is 6.37. The Morgan fingerprint density at radius 2 is 1.06 bits per heavy atom. The van der Waals surface area contributed by atoms with Crippen LogP contribution in [0.1, 0.15) is 38.5 Å². The second kappa shape index (κ2) is 5.97. The molecule has 0 spiro atoms. The van der Waals surface area contributed by atoms with Crippen LogP contribution >= 0.6 is 11.6 Å². The molecule has 6 fully saturated rings. The fraction of sp³-hybridized carbons (Fsp3) is 0.583. The van der Waals surface area contributed by atoms with E-state index >= 15 is 0 Å². The van der Waals surface area contributed by atoms with Crippen molar-refractivity contribution in [2.45, 2.75) is 38.5 Å². The van der Waals surface area contributed by atoms with Gasteiger partial charge >= 0.3 is 0 Å². The van der Waals surface area contributed by atoms with Crippen molar-refractivity contribution in [3.8, 4) is 0 Å². The summed E-state index contributed by atoms with van der Waals surface area (Å²) in [7, 11) is 0. The van der Waals surface area contributed by atoms with Gasteiger partial charge in [-0.3, -0.25) is 19.2 Å². The van der Waals surface area contributed by atoms with Gasteiger partial charge < -0.3 is 0 Å². The van der Waals surface area contributed by atoms with Crippen LogP contribution in [0.2, 0.25) is 5.02 Å². The van der Waals surface area contributed by atoms with Gasteiger partial charge in [-0.15, -0.1) is 0 Å². The number of hydrogen-bond acceptors (Lipinski definition) is 4. The summed E-state index contributed by atoms with van der Waals surface area (Å²) in [5.74, 6) is -0.0712. The number of carbonyl (C=O) groups is 4. The van der Waals surface area contributed by atoms with E-state index in [0.29, 0.717) is 35.0 Å². The fourth-order valence-corrected chi connectivity index (χ4v) is 8.38. The molecule has 1 aromatic rings. The summed E-state index contributed by atoms with van der Waals surface area (Å²) < 4.78 is 0. The molecule has 2 saturated heterocycles. The van der Waals surface area contributed by atoms with Gasteiger partial charge in [0.2, 0.25) is 23.6 Å². The molecule has 6 nitrogen and oxygen atoms in total. The average molecular weight is 439 g/mol. The third-order valence-electron chi connectivity index (χ3n) is 9.29. The van der Waals surface area contributed by atoms with Gasteiger partial charge in [0.15, 0.2) is 0 Å². The summed E-state index contributed by atoms with van der Waals surface area (Å²) in [6.45, 7) is 0. The molecule has 0 aromatic heterocycles. The molecule has 2 heterocycles. The van der Waals surface area contributed by atoms with Crippen LogP contribution in [0.15, 0.2) is 18.2 Å². The first-order chi connectivity index (χ1) is 15.0. The molecular formula is C24H23ClN2O4. The lowest BCUT2D eigenvalue weighted by molar-refractivity contribution is -0.124. The molecule has 1 aromatic carbocycles. The normalized spacial score (nSPS) is 42.4. The SMILES string of the molecule is O=C1[C@@H]2[C@H]3CC[C@@H](C3)[C@H]2C(=O)N1c1ccc(N2C(=O)[C@@H]3[C@H]4CC[C@@H](C4)[C@@H]3C2=O)c(Cl)c1. The zero-order valence-corrected chi connectivity index (χ0v) is 17.8. The topological polar surface area (TPSA) is 74.8 Å². The smallest absolute Gasteiger partial charge is 0.238 e. The minimum Gasteiger partial charge on any atom is -0.274 e. The number of anilines is 2. The molecule has 0 N–H and O–H groups in total. The monoisotopic (exact) mass is 438 g/mol. The molecule has 4 saturated carbocycles. The molecule has 7 rings (SSSR count).